The van der Waals surface area contributed by atoms with Gasteiger partial charge in [-0.2, -0.15) is 5.10 Å². The van der Waals surface area contributed by atoms with Crippen LogP contribution in [0.15, 0.2) is 6.20 Å². The van der Waals surface area contributed by atoms with E-state index in [1.165, 1.54) is 56.2 Å². The molecule has 1 N–H and O–H groups in total. The molecule has 1 fully saturated rings. The van der Waals surface area contributed by atoms with Crippen LogP contribution >= 0.6 is 0 Å². The molecule has 1 aromatic heterocycles. The fourth-order valence-electron chi connectivity index (χ4n) is 3.89. The number of hydrogen-bond acceptors (Lipinski definition) is 2. The number of rotatable bonds is 3. The van der Waals surface area contributed by atoms with Gasteiger partial charge in [0.05, 0.1) is 5.69 Å². The molecule has 3 rings (SSSR count). The maximum Gasteiger partial charge on any atom is 0.241 e. The zero-order chi connectivity index (χ0) is 15.4. The van der Waals surface area contributed by atoms with Crippen LogP contribution in [0.1, 0.15) is 69.5 Å². The minimum Gasteiger partial charge on any atom is -0.351 e. The van der Waals surface area contributed by atoms with Crippen LogP contribution in [0, 0.1) is 5.92 Å². The second kappa shape index (κ2) is 7.30. The first-order chi connectivity index (χ1) is 10.7. The molecule has 0 aromatic carbocycles. The molecule has 0 radical (unpaired) electrons. The Labute approximate surface area is 133 Å². The van der Waals surface area contributed by atoms with E-state index in [4.69, 9.17) is 0 Å². The van der Waals surface area contributed by atoms with Gasteiger partial charge in [0, 0.05) is 12.2 Å². The molecule has 2 aliphatic rings. The topological polar surface area (TPSA) is 46.9 Å². The molecule has 1 heterocycles. The number of nitrogens with zero attached hydrogens (tertiary/aromatic N) is 2. The molecule has 2 atom stereocenters. The van der Waals surface area contributed by atoms with Gasteiger partial charge in [0.2, 0.25) is 5.91 Å². The maximum absolute atomic E-state index is 12.3. The Balaban J connectivity index is 1.58. The van der Waals surface area contributed by atoms with E-state index in [1.54, 1.807) is 0 Å². The Morgan fingerprint density at radius 1 is 1.18 bits per heavy atom. The molecule has 1 aromatic rings. The van der Waals surface area contributed by atoms with Crippen molar-refractivity contribution in [2.24, 2.45) is 5.92 Å². The summed E-state index contributed by atoms with van der Waals surface area (Å²) in [6.07, 6.45) is 14.3. The van der Waals surface area contributed by atoms with E-state index in [0.29, 0.717) is 18.5 Å². The summed E-state index contributed by atoms with van der Waals surface area (Å²) >= 11 is 0. The van der Waals surface area contributed by atoms with Crippen LogP contribution in [0.25, 0.3) is 0 Å². The van der Waals surface area contributed by atoms with Gasteiger partial charge in [0.15, 0.2) is 0 Å². The highest BCUT2D eigenvalue weighted by Gasteiger charge is 2.23. The molecule has 2 aliphatic carbocycles. The summed E-state index contributed by atoms with van der Waals surface area (Å²) in [5.74, 6) is 0.727. The lowest BCUT2D eigenvalue weighted by Crippen LogP contribution is -2.42. The predicted molar refractivity (Wildman–Crippen MR) is 87.7 cm³/mol. The molecule has 0 spiro atoms. The van der Waals surface area contributed by atoms with Gasteiger partial charge in [-0.25, -0.2) is 0 Å². The summed E-state index contributed by atoms with van der Waals surface area (Å²) < 4.78 is 1.86. The molecule has 1 amide bonds. The number of hydrogen-bond donors (Lipinski definition) is 1. The van der Waals surface area contributed by atoms with Gasteiger partial charge in [0.25, 0.3) is 0 Å². The molecule has 4 heteroatoms. The van der Waals surface area contributed by atoms with Gasteiger partial charge < -0.3 is 5.32 Å². The van der Waals surface area contributed by atoms with Crippen LogP contribution in [0.2, 0.25) is 0 Å². The summed E-state index contributed by atoms with van der Waals surface area (Å²) in [6.45, 7) is 2.62. The van der Waals surface area contributed by atoms with Crippen molar-refractivity contribution in [3.63, 3.8) is 0 Å². The largest absolute Gasteiger partial charge is 0.351 e. The number of aryl methyl sites for hydroxylation is 2. The lowest BCUT2D eigenvalue weighted by Gasteiger charge is -2.29. The highest BCUT2D eigenvalue weighted by molar-refractivity contribution is 5.76. The van der Waals surface area contributed by atoms with Crippen LogP contribution < -0.4 is 5.32 Å². The Morgan fingerprint density at radius 2 is 1.95 bits per heavy atom. The van der Waals surface area contributed by atoms with E-state index in [0.717, 1.165) is 19.3 Å². The Bertz CT molecular complexity index is 483. The SMILES string of the molecule is CC1CCCCC1NC(=O)Cn1cc2c(n1)CCCCCC2. The van der Waals surface area contributed by atoms with Crippen molar-refractivity contribution in [1.29, 1.82) is 0 Å². The van der Waals surface area contributed by atoms with Crippen LogP contribution in [0.5, 0.6) is 0 Å². The summed E-state index contributed by atoms with van der Waals surface area (Å²) in [4.78, 5) is 12.3. The van der Waals surface area contributed by atoms with Crippen molar-refractivity contribution in [2.75, 3.05) is 0 Å². The normalized spacial score (nSPS) is 25.9. The van der Waals surface area contributed by atoms with E-state index in [2.05, 4.69) is 23.5 Å². The summed E-state index contributed by atoms with van der Waals surface area (Å²) in [5.41, 5.74) is 2.58. The van der Waals surface area contributed by atoms with Gasteiger partial charge in [-0.15, -0.1) is 0 Å². The van der Waals surface area contributed by atoms with E-state index in [9.17, 15) is 4.79 Å². The van der Waals surface area contributed by atoms with Crippen LogP contribution in [0.4, 0.5) is 0 Å². The first-order valence-corrected chi connectivity index (χ1v) is 9.07. The standard InChI is InChI=1S/C18H29N3O/c1-14-8-6-7-10-16(14)19-18(22)13-21-12-15-9-4-2-3-5-11-17(15)20-21/h12,14,16H,2-11,13H2,1H3,(H,19,22). The third-order valence-electron chi connectivity index (χ3n) is 5.30. The second-order valence-electron chi connectivity index (χ2n) is 7.15. The van der Waals surface area contributed by atoms with Gasteiger partial charge in [-0.05, 0) is 50.0 Å². The van der Waals surface area contributed by atoms with Crippen molar-refractivity contribution in [1.82, 2.24) is 15.1 Å². The Hall–Kier alpha value is -1.32. The van der Waals surface area contributed by atoms with Crippen molar-refractivity contribution in [3.05, 3.63) is 17.5 Å². The van der Waals surface area contributed by atoms with E-state index in [-0.39, 0.29) is 5.91 Å². The molecule has 0 bridgehead atoms. The molecular formula is C18H29N3O. The number of carbonyl (C=O) groups excluding carboxylic acids is 1. The minimum absolute atomic E-state index is 0.120. The van der Waals surface area contributed by atoms with Crippen molar-refractivity contribution in [3.8, 4) is 0 Å². The highest BCUT2D eigenvalue weighted by Crippen LogP contribution is 2.23. The molecule has 0 saturated heterocycles. The summed E-state index contributed by atoms with van der Waals surface area (Å²) in [5, 5.41) is 7.88. The second-order valence-corrected chi connectivity index (χ2v) is 7.15. The average Bonchev–Trinajstić information content (AvgIpc) is 2.82. The third-order valence-corrected chi connectivity index (χ3v) is 5.30. The lowest BCUT2D eigenvalue weighted by atomic mass is 9.86. The number of aromatic nitrogens is 2. The van der Waals surface area contributed by atoms with Gasteiger partial charge in [-0.1, -0.05) is 32.6 Å². The van der Waals surface area contributed by atoms with Crippen LogP contribution in [-0.2, 0) is 24.2 Å². The van der Waals surface area contributed by atoms with Gasteiger partial charge in [0.1, 0.15) is 6.54 Å². The van der Waals surface area contributed by atoms with Crippen LogP contribution in [0.3, 0.4) is 0 Å². The molecule has 4 nitrogen and oxygen atoms in total. The lowest BCUT2D eigenvalue weighted by molar-refractivity contribution is -0.123. The average molecular weight is 303 g/mol. The molecule has 2 unspecified atom stereocenters. The zero-order valence-corrected chi connectivity index (χ0v) is 13.8. The quantitative estimate of drug-likeness (QED) is 0.932. The number of nitrogens with one attached hydrogen (secondary N) is 1. The summed E-state index contributed by atoms with van der Waals surface area (Å²) in [6, 6.07) is 0.359. The molecule has 1 saturated carbocycles. The highest BCUT2D eigenvalue weighted by atomic mass is 16.2. The number of amides is 1. The van der Waals surface area contributed by atoms with E-state index in [1.807, 2.05) is 4.68 Å². The first kappa shape index (κ1) is 15.6. The van der Waals surface area contributed by atoms with Crippen LogP contribution in [-0.4, -0.2) is 21.7 Å². The zero-order valence-electron chi connectivity index (χ0n) is 13.8. The van der Waals surface area contributed by atoms with E-state index < -0.39 is 0 Å². The molecule has 122 valence electrons. The van der Waals surface area contributed by atoms with Crippen molar-refractivity contribution in [2.45, 2.75) is 83.7 Å². The number of fused-ring (bicyclic) bond motifs is 1. The van der Waals surface area contributed by atoms with Gasteiger partial charge in [-0.3, -0.25) is 9.48 Å². The van der Waals surface area contributed by atoms with Gasteiger partial charge >= 0.3 is 0 Å². The third kappa shape index (κ3) is 3.90. The van der Waals surface area contributed by atoms with Crippen molar-refractivity contribution >= 4 is 5.91 Å². The molecule has 0 aliphatic heterocycles. The maximum atomic E-state index is 12.3. The Kier molecular flexibility index (Phi) is 5.16. The smallest absolute Gasteiger partial charge is 0.241 e. The predicted octanol–water partition coefficient (Wildman–Crippen LogP) is 3.24. The van der Waals surface area contributed by atoms with E-state index >= 15 is 0 Å². The fourth-order valence-corrected chi connectivity index (χ4v) is 3.89. The fraction of sp³-hybridized carbons (Fsp3) is 0.778. The molecular weight excluding hydrogens is 274 g/mol. The minimum atomic E-state index is 0.120. The number of carbonyl (C=O) groups is 1. The van der Waals surface area contributed by atoms with Crippen molar-refractivity contribution < 1.29 is 4.79 Å². The summed E-state index contributed by atoms with van der Waals surface area (Å²) in [7, 11) is 0. The molecule has 22 heavy (non-hydrogen) atoms. The monoisotopic (exact) mass is 303 g/mol. The first-order valence-electron chi connectivity index (χ1n) is 9.07. The Morgan fingerprint density at radius 3 is 2.77 bits per heavy atom.